The van der Waals surface area contributed by atoms with Crippen LogP contribution in [-0.2, 0) is 35.3 Å². The summed E-state index contributed by atoms with van der Waals surface area (Å²) in [6, 6.07) is 13.1. The number of likely N-dealkylation sites (tertiary alicyclic amines) is 1. The number of fused-ring (bicyclic) bond motifs is 1. The molecule has 0 radical (unpaired) electrons. The molecular weight excluding hydrogens is 536 g/mol. The van der Waals surface area contributed by atoms with Gasteiger partial charge in [-0.2, -0.15) is 0 Å². The van der Waals surface area contributed by atoms with Crippen molar-refractivity contribution in [3.8, 4) is 0 Å². The Bertz CT molecular complexity index is 1300. The Morgan fingerprint density at radius 3 is 2.43 bits per heavy atom. The molecule has 1 aliphatic carbocycles. The fraction of sp³-hybridized carbons (Fsp3) is 0.576. The first-order valence-electron chi connectivity index (χ1n) is 15.1. The highest BCUT2D eigenvalue weighted by molar-refractivity contribution is 5.95. The number of ether oxygens (including phenoxy) is 2. The van der Waals surface area contributed by atoms with E-state index in [0.717, 1.165) is 16.3 Å². The molecule has 2 N–H and O–H groups in total. The fourth-order valence-electron chi connectivity index (χ4n) is 5.95. The van der Waals surface area contributed by atoms with E-state index >= 15 is 0 Å². The Kier molecular flexibility index (Phi) is 9.92. The Labute approximate surface area is 247 Å². The minimum atomic E-state index is -1.31. The second-order valence-corrected chi connectivity index (χ2v) is 12.5. The highest BCUT2D eigenvalue weighted by Crippen LogP contribution is 2.46. The van der Waals surface area contributed by atoms with E-state index in [1.807, 2.05) is 77.1 Å². The SMILES string of the molecule is CC[C@H]1C[C@]1(NC(=O)[C@@H]1C[C@@H](OCc2cccc3ccccc23)CN1C(=O)[C@@H](CC(=O)OCC(C)C)C(C)C)C(=O)O. The molecule has 1 saturated carbocycles. The molecule has 42 heavy (non-hydrogen) atoms. The van der Waals surface area contributed by atoms with Crippen molar-refractivity contribution in [1.29, 1.82) is 0 Å². The van der Waals surface area contributed by atoms with E-state index in [1.165, 1.54) is 4.90 Å². The van der Waals surface area contributed by atoms with Gasteiger partial charge in [0.05, 0.1) is 31.7 Å². The number of carbonyl (C=O) groups excluding carboxylic acids is 3. The molecule has 0 bridgehead atoms. The number of carboxylic acids is 1. The molecule has 9 heteroatoms. The first-order valence-corrected chi connectivity index (χ1v) is 15.1. The van der Waals surface area contributed by atoms with Crippen LogP contribution in [0.5, 0.6) is 0 Å². The monoisotopic (exact) mass is 580 g/mol. The van der Waals surface area contributed by atoms with Crippen molar-refractivity contribution in [2.24, 2.45) is 23.7 Å². The summed E-state index contributed by atoms with van der Waals surface area (Å²) in [7, 11) is 0. The standard InChI is InChI=1S/C33H44N2O7/c1-6-24-16-33(24,32(39)40)34-30(37)28-14-25(41-19-23-12-9-11-22-10-7-8-13-26(22)23)17-35(28)31(38)27(21(4)5)15-29(36)42-18-20(2)3/h7-13,20-21,24-25,27-28H,6,14-19H2,1-5H3,(H,34,37)(H,39,40)/t24-,25+,27-,28-,33+/m0/s1. The number of benzene rings is 2. The second kappa shape index (κ2) is 13.2. The van der Waals surface area contributed by atoms with Gasteiger partial charge in [-0.15, -0.1) is 0 Å². The van der Waals surface area contributed by atoms with Gasteiger partial charge in [-0.25, -0.2) is 4.79 Å². The van der Waals surface area contributed by atoms with Gasteiger partial charge in [-0.05, 0) is 40.5 Å². The molecule has 1 heterocycles. The van der Waals surface area contributed by atoms with Crippen molar-refractivity contribution in [3.05, 3.63) is 48.0 Å². The van der Waals surface area contributed by atoms with Crippen molar-refractivity contribution in [1.82, 2.24) is 10.2 Å². The summed E-state index contributed by atoms with van der Waals surface area (Å²) in [6.45, 7) is 10.3. The van der Waals surface area contributed by atoms with E-state index in [0.29, 0.717) is 19.4 Å². The molecule has 0 aromatic heterocycles. The number of hydrogen-bond donors (Lipinski definition) is 2. The van der Waals surface area contributed by atoms with Crippen LogP contribution in [0.3, 0.4) is 0 Å². The summed E-state index contributed by atoms with van der Waals surface area (Å²) in [4.78, 5) is 53.8. The van der Waals surface area contributed by atoms with Crippen LogP contribution in [0.25, 0.3) is 10.8 Å². The van der Waals surface area contributed by atoms with Crippen molar-refractivity contribution in [3.63, 3.8) is 0 Å². The number of aliphatic carboxylic acids is 1. The molecule has 1 aliphatic heterocycles. The van der Waals surface area contributed by atoms with Gasteiger partial charge in [-0.1, -0.05) is 83.5 Å². The summed E-state index contributed by atoms with van der Waals surface area (Å²) in [5.74, 6) is -3.18. The predicted octanol–water partition coefficient (Wildman–Crippen LogP) is 4.56. The Morgan fingerprint density at radius 1 is 1.07 bits per heavy atom. The lowest BCUT2D eigenvalue weighted by Crippen LogP contribution is -2.54. The summed E-state index contributed by atoms with van der Waals surface area (Å²) in [5.41, 5.74) is -0.305. The van der Waals surface area contributed by atoms with Crippen LogP contribution >= 0.6 is 0 Å². The smallest absolute Gasteiger partial charge is 0.329 e. The highest BCUT2D eigenvalue weighted by atomic mass is 16.5. The van der Waals surface area contributed by atoms with Crippen molar-refractivity contribution in [2.75, 3.05) is 13.2 Å². The number of hydrogen-bond acceptors (Lipinski definition) is 6. The largest absolute Gasteiger partial charge is 0.479 e. The number of carboxylic acid groups (broad SMARTS) is 1. The minimum absolute atomic E-state index is 0.0907. The number of rotatable bonds is 13. The van der Waals surface area contributed by atoms with Gasteiger partial charge in [0, 0.05) is 13.0 Å². The molecule has 2 aromatic carbocycles. The third kappa shape index (κ3) is 6.94. The second-order valence-electron chi connectivity index (χ2n) is 12.5. The van der Waals surface area contributed by atoms with Crippen molar-refractivity contribution < 1.29 is 33.8 Å². The van der Waals surface area contributed by atoms with Gasteiger partial charge in [0.15, 0.2) is 0 Å². The summed E-state index contributed by atoms with van der Waals surface area (Å²) in [5, 5.41) is 14.8. The van der Waals surface area contributed by atoms with Crippen LogP contribution < -0.4 is 5.32 Å². The Hall–Kier alpha value is -3.46. The minimum Gasteiger partial charge on any atom is -0.479 e. The Balaban J connectivity index is 1.53. The molecule has 0 unspecified atom stereocenters. The molecule has 5 atom stereocenters. The molecular formula is C33H44N2O7. The maximum Gasteiger partial charge on any atom is 0.329 e. The van der Waals surface area contributed by atoms with E-state index in [1.54, 1.807) is 0 Å². The molecule has 2 fully saturated rings. The number of esters is 1. The Morgan fingerprint density at radius 2 is 1.79 bits per heavy atom. The van der Waals surface area contributed by atoms with Crippen LogP contribution in [0.15, 0.2) is 42.5 Å². The summed E-state index contributed by atoms with van der Waals surface area (Å²) < 4.78 is 11.7. The molecule has 228 valence electrons. The van der Waals surface area contributed by atoms with Gasteiger partial charge in [-0.3, -0.25) is 14.4 Å². The van der Waals surface area contributed by atoms with Crippen LogP contribution in [-0.4, -0.2) is 64.6 Å². The zero-order valence-corrected chi connectivity index (χ0v) is 25.3. The van der Waals surface area contributed by atoms with E-state index in [-0.39, 0.29) is 49.7 Å². The van der Waals surface area contributed by atoms with Crippen LogP contribution in [0, 0.1) is 23.7 Å². The third-order valence-corrected chi connectivity index (χ3v) is 8.61. The van der Waals surface area contributed by atoms with Crippen LogP contribution in [0.4, 0.5) is 0 Å². The number of nitrogens with one attached hydrogen (secondary N) is 1. The lowest BCUT2D eigenvalue weighted by molar-refractivity contribution is -0.152. The zero-order chi connectivity index (χ0) is 30.6. The van der Waals surface area contributed by atoms with E-state index in [4.69, 9.17) is 9.47 Å². The van der Waals surface area contributed by atoms with Gasteiger partial charge < -0.3 is 24.8 Å². The van der Waals surface area contributed by atoms with Gasteiger partial charge >= 0.3 is 11.9 Å². The average molecular weight is 581 g/mol. The highest BCUT2D eigenvalue weighted by Gasteiger charge is 2.61. The summed E-state index contributed by atoms with van der Waals surface area (Å²) in [6.07, 6.45) is 0.697. The molecule has 9 nitrogen and oxygen atoms in total. The number of carbonyl (C=O) groups is 4. The maximum atomic E-state index is 14.0. The van der Waals surface area contributed by atoms with Gasteiger partial charge in [0.2, 0.25) is 11.8 Å². The molecule has 0 spiro atoms. The topological polar surface area (TPSA) is 122 Å². The normalized spacial score (nSPS) is 24.2. The van der Waals surface area contributed by atoms with Crippen molar-refractivity contribution >= 4 is 34.5 Å². The number of nitrogens with zero attached hydrogens (tertiary/aromatic N) is 1. The first kappa shape index (κ1) is 31.5. The van der Waals surface area contributed by atoms with Crippen LogP contribution in [0.2, 0.25) is 0 Å². The van der Waals surface area contributed by atoms with E-state index < -0.39 is 41.4 Å². The van der Waals surface area contributed by atoms with Crippen molar-refractivity contribution in [2.45, 2.75) is 84.6 Å². The van der Waals surface area contributed by atoms with Gasteiger partial charge in [0.1, 0.15) is 11.6 Å². The molecule has 2 amide bonds. The molecule has 2 aromatic rings. The van der Waals surface area contributed by atoms with Gasteiger partial charge in [0.25, 0.3) is 0 Å². The molecule has 2 aliphatic rings. The lowest BCUT2D eigenvalue weighted by Gasteiger charge is -2.30. The first-order chi connectivity index (χ1) is 20.0. The zero-order valence-electron chi connectivity index (χ0n) is 25.3. The fourth-order valence-corrected chi connectivity index (χ4v) is 5.95. The predicted molar refractivity (Wildman–Crippen MR) is 158 cm³/mol. The summed E-state index contributed by atoms with van der Waals surface area (Å²) >= 11 is 0. The van der Waals surface area contributed by atoms with Crippen LogP contribution in [0.1, 0.15) is 65.9 Å². The molecule has 1 saturated heterocycles. The average Bonchev–Trinajstić information content (AvgIpc) is 3.51. The molecule has 4 rings (SSSR count). The van der Waals surface area contributed by atoms with E-state index in [2.05, 4.69) is 5.32 Å². The van der Waals surface area contributed by atoms with E-state index in [9.17, 15) is 24.3 Å². The maximum absolute atomic E-state index is 14.0. The lowest BCUT2D eigenvalue weighted by atomic mass is 9.90. The quantitative estimate of drug-likeness (QED) is 0.333. The number of amides is 2. The third-order valence-electron chi connectivity index (χ3n) is 8.61.